The monoisotopic (exact) mass is 307 g/mol. The van der Waals surface area contributed by atoms with Crippen molar-refractivity contribution in [3.63, 3.8) is 0 Å². The maximum atomic E-state index is 12.0. The zero-order valence-corrected chi connectivity index (χ0v) is 13.3. The van der Waals surface area contributed by atoms with Gasteiger partial charge >= 0.3 is 6.03 Å². The second-order valence-electron chi connectivity index (χ2n) is 6.17. The van der Waals surface area contributed by atoms with Crippen molar-refractivity contribution in [2.24, 2.45) is 5.92 Å². The van der Waals surface area contributed by atoms with Crippen LogP contribution in [0.1, 0.15) is 29.5 Å². The standard InChI is InChI=1S/C15H21N3O2S/c1-10-3-4-12(21-10)9-18-7-5-11(6-8-18)15(2)13(19)16-14(20)17-15/h3-4,11H,5-9H2,1-2H3,(H2,16,17,19,20). The molecule has 0 radical (unpaired) electrons. The van der Waals surface area contributed by atoms with Crippen molar-refractivity contribution in [2.45, 2.75) is 38.8 Å². The predicted molar refractivity (Wildman–Crippen MR) is 82.1 cm³/mol. The Labute approximate surface area is 128 Å². The fraction of sp³-hybridized carbons (Fsp3) is 0.600. The van der Waals surface area contributed by atoms with E-state index < -0.39 is 5.54 Å². The van der Waals surface area contributed by atoms with Gasteiger partial charge in [0.2, 0.25) is 0 Å². The van der Waals surface area contributed by atoms with Crippen LogP contribution in [-0.2, 0) is 11.3 Å². The highest BCUT2D eigenvalue weighted by Crippen LogP contribution is 2.31. The van der Waals surface area contributed by atoms with Crippen LogP contribution in [0.2, 0.25) is 0 Å². The van der Waals surface area contributed by atoms with Crippen molar-refractivity contribution in [2.75, 3.05) is 13.1 Å². The Kier molecular flexibility index (Phi) is 3.75. The van der Waals surface area contributed by atoms with Crippen LogP contribution in [0.3, 0.4) is 0 Å². The number of nitrogens with one attached hydrogen (secondary N) is 2. The molecule has 21 heavy (non-hydrogen) atoms. The van der Waals surface area contributed by atoms with Gasteiger partial charge in [0.25, 0.3) is 5.91 Å². The zero-order chi connectivity index (χ0) is 15.0. The number of likely N-dealkylation sites (tertiary alicyclic amines) is 1. The van der Waals surface area contributed by atoms with E-state index in [4.69, 9.17) is 0 Å². The number of thiophene rings is 1. The first kappa shape index (κ1) is 14.5. The van der Waals surface area contributed by atoms with E-state index in [2.05, 4.69) is 34.6 Å². The van der Waals surface area contributed by atoms with Crippen molar-refractivity contribution in [3.8, 4) is 0 Å². The molecule has 0 aromatic carbocycles. The number of aryl methyl sites for hydroxylation is 1. The quantitative estimate of drug-likeness (QED) is 0.838. The van der Waals surface area contributed by atoms with Gasteiger partial charge in [-0.15, -0.1) is 11.3 Å². The highest BCUT2D eigenvalue weighted by molar-refractivity contribution is 7.11. The second-order valence-corrected chi connectivity index (χ2v) is 7.55. The number of piperidine rings is 1. The summed E-state index contributed by atoms with van der Waals surface area (Å²) in [5.74, 6) is 0.0325. The second kappa shape index (κ2) is 5.42. The molecule has 3 heterocycles. The van der Waals surface area contributed by atoms with Gasteiger partial charge in [0.1, 0.15) is 5.54 Å². The number of nitrogens with zero attached hydrogens (tertiary/aromatic N) is 1. The molecule has 1 aromatic rings. The van der Waals surface area contributed by atoms with Crippen LogP contribution in [0.4, 0.5) is 4.79 Å². The number of hydrogen-bond donors (Lipinski definition) is 2. The minimum atomic E-state index is -0.733. The molecule has 0 bridgehead atoms. The number of imide groups is 1. The summed E-state index contributed by atoms with van der Waals surface area (Å²) in [5, 5.41) is 5.16. The lowest BCUT2D eigenvalue weighted by Gasteiger charge is -2.38. The number of hydrogen-bond acceptors (Lipinski definition) is 4. The summed E-state index contributed by atoms with van der Waals surface area (Å²) in [6.45, 7) is 6.90. The number of carbonyl (C=O) groups excluding carboxylic acids is 2. The third kappa shape index (κ3) is 2.82. The molecule has 114 valence electrons. The van der Waals surface area contributed by atoms with Crippen LogP contribution in [-0.4, -0.2) is 35.5 Å². The Morgan fingerprint density at radius 1 is 1.33 bits per heavy atom. The molecule has 6 heteroatoms. The van der Waals surface area contributed by atoms with Crippen molar-refractivity contribution in [1.29, 1.82) is 0 Å². The first-order chi connectivity index (χ1) is 9.97. The van der Waals surface area contributed by atoms with Crippen LogP contribution in [0.15, 0.2) is 12.1 Å². The van der Waals surface area contributed by atoms with Gasteiger partial charge in [-0.05, 0) is 57.8 Å². The molecule has 2 saturated heterocycles. The molecular formula is C15H21N3O2S. The van der Waals surface area contributed by atoms with Crippen LogP contribution >= 0.6 is 11.3 Å². The van der Waals surface area contributed by atoms with Gasteiger partial charge < -0.3 is 5.32 Å². The molecule has 1 unspecified atom stereocenters. The molecule has 2 fully saturated rings. The van der Waals surface area contributed by atoms with Crippen molar-refractivity contribution >= 4 is 23.3 Å². The molecule has 1 atom stereocenters. The number of carbonyl (C=O) groups is 2. The average Bonchev–Trinajstić information content (AvgIpc) is 2.95. The molecule has 1 aromatic heterocycles. The van der Waals surface area contributed by atoms with Gasteiger partial charge in [-0.25, -0.2) is 4.79 Å². The molecule has 0 saturated carbocycles. The summed E-state index contributed by atoms with van der Waals surface area (Å²) < 4.78 is 0. The largest absolute Gasteiger partial charge is 0.323 e. The van der Waals surface area contributed by atoms with Gasteiger partial charge in [-0.3, -0.25) is 15.0 Å². The molecule has 0 aliphatic carbocycles. The van der Waals surface area contributed by atoms with E-state index in [0.29, 0.717) is 0 Å². The summed E-state index contributed by atoms with van der Waals surface area (Å²) >= 11 is 1.84. The van der Waals surface area contributed by atoms with E-state index >= 15 is 0 Å². The summed E-state index contributed by atoms with van der Waals surface area (Å²) in [7, 11) is 0. The Hall–Kier alpha value is -1.40. The van der Waals surface area contributed by atoms with E-state index in [1.54, 1.807) is 0 Å². The third-order valence-corrected chi connectivity index (χ3v) is 5.64. The Bertz CT molecular complexity index is 563. The SMILES string of the molecule is Cc1ccc(CN2CCC(C3(C)NC(=O)NC3=O)CC2)s1. The first-order valence-electron chi connectivity index (χ1n) is 7.38. The smallest absolute Gasteiger partial charge is 0.322 e. The van der Waals surface area contributed by atoms with E-state index in [9.17, 15) is 9.59 Å². The Balaban J connectivity index is 1.58. The Morgan fingerprint density at radius 3 is 2.57 bits per heavy atom. The van der Waals surface area contributed by atoms with Gasteiger partial charge in [0.15, 0.2) is 0 Å². The fourth-order valence-corrected chi connectivity index (χ4v) is 4.24. The topological polar surface area (TPSA) is 61.4 Å². The van der Waals surface area contributed by atoms with E-state index in [1.165, 1.54) is 9.75 Å². The molecule has 3 rings (SSSR count). The normalized spacial score (nSPS) is 27.7. The van der Waals surface area contributed by atoms with Crippen LogP contribution in [0, 0.1) is 12.8 Å². The van der Waals surface area contributed by atoms with E-state index in [-0.39, 0.29) is 17.9 Å². The van der Waals surface area contributed by atoms with Crippen molar-refractivity contribution in [1.82, 2.24) is 15.5 Å². The van der Waals surface area contributed by atoms with Crippen LogP contribution in [0.25, 0.3) is 0 Å². The molecular weight excluding hydrogens is 286 g/mol. The summed E-state index contributed by atoms with van der Waals surface area (Å²) in [5.41, 5.74) is -0.733. The average molecular weight is 307 g/mol. The first-order valence-corrected chi connectivity index (χ1v) is 8.20. The fourth-order valence-electron chi connectivity index (χ4n) is 3.30. The third-order valence-electron chi connectivity index (χ3n) is 4.65. The minimum Gasteiger partial charge on any atom is -0.323 e. The maximum absolute atomic E-state index is 12.0. The van der Waals surface area contributed by atoms with Crippen molar-refractivity contribution in [3.05, 3.63) is 21.9 Å². The highest BCUT2D eigenvalue weighted by Gasteiger charge is 2.48. The molecule has 0 spiro atoms. The lowest BCUT2D eigenvalue weighted by molar-refractivity contribution is -0.125. The van der Waals surface area contributed by atoms with Gasteiger partial charge in [-0.2, -0.15) is 0 Å². The highest BCUT2D eigenvalue weighted by atomic mass is 32.1. The van der Waals surface area contributed by atoms with Gasteiger partial charge in [-0.1, -0.05) is 0 Å². The number of rotatable bonds is 3. The summed E-state index contributed by atoms with van der Waals surface area (Å²) in [6.07, 6.45) is 1.88. The maximum Gasteiger partial charge on any atom is 0.322 e. The summed E-state index contributed by atoms with van der Waals surface area (Å²) in [4.78, 5) is 28.5. The molecule has 2 aliphatic heterocycles. The number of amides is 3. The minimum absolute atomic E-state index is 0.181. The van der Waals surface area contributed by atoms with Crippen molar-refractivity contribution < 1.29 is 9.59 Å². The molecule has 2 N–H and O–H groups in total. The van der Waals surface area contributed by atoms with Crippen LogP contribution < -0.4 is 10.6 Å². The molecule has 3 amide bonds. The lowest BCUT2D eigenvalue weighted by atomic mass is 9.79. The van der Waals surface area contributed by atoms with E-state index in [1.807, 2.05) is 18.3 Å². The zero-order valence-electron chi connectivity index (χ0n) is 12.4. The van der Waals surface area contributed by atoms with Gasteiger partial charge in [0.05, 0.1) is 0 Å². The Morgan fingerprint density at radius 2 is 2.05 bits per heavy atom. The predicted octanol–water partition coefficient (Wildman–Crippen LogP) is 1.87. The van der Waals surface area contributed by atoms with Crippen LogP contribution in [0.5, 0.6) is 0 Å². The molecule has 5 nitrogen and oxygen atoms in total. The van der Waals surface area contributed by atoms with Gasteiger partial charge in [0, 0.05) is 16.3 Å². The number of urea groups is 1. The van der Waals surface area contributed by atoms with E-state index in [0.717, 1.165) is 32.5 Å². The lowest BCUT2D eigenvalue weighted by Crippen LogP contribution is -2.53. The molecule has 2 aliphatic rings. The summed E-state index contributed by atoms with van der Waals surface area (Å²) in [6, 6.07) is 3.99.